The number of allylic oxidation sites excluding steroid dienone is 1. The largest absolute Gasteiger partial charge is 0.496 e. The zero-order chi connectivity index (χ0) is 43.9. The maximum absolute atomic E-state index is 6.47. The molecule has 0 N–H and O–H groups in total. The molecule has 11 aromatic rings. The summed E-state index contributed by atoms with van der Waals surface area (Å²) in [6.45, 7) is 6.24. The summed E-state index contributed by atoms with van der Waals surface area (Å²) in [5, 5.41) is 2.01. The molecule has 7 aromatic carbocycles. The minimum absolute atomic E-state index is 0.530. The van der Waals surface area contributed by atoms with Gasteiger partial charge in [0, 0.05) is 55.4 Å². The average molecular weight is 841 g/mol. The summed E-state index contributed by atoms with van der Waals surface area (Å²) in [5.41, 5.74) is 13.0. The Morgan fingerprint density at radius 3 is 1.86 bits per heavy atom. The molecule has 11 rings (SSSR count). The molecule has 0 radical (unpaired) electrons. The zero-order valence-electron chi connectivity index (χ0n) is 35.7. The van der Waals surface area contributed by atoms with Crippen molar-refractivity contribution in [2.24, 2.45) is 0 Å². The Labute approximate surface area is 375 Å². The number of nitrogens with zero attached hydrogens (tertiary/aromatic N) is 6. The van der Waals surface area contributed by atoms with Gasteiger partial charge in [0.2, 0.25) is 0 Å². The van der Waals surface area contributed by atoms with Crippen LogP contribution in [0.2, 0.25) is 0 Å². The highest BCUT2D eigenvalue weighted by Crippen LogP contribution is 2.42. The zero-order valence-corrected chi connectivity index (χ0v) is 35.7. The van der Waals surface area contributed by atoms with E-state index in [4.69, 9.17) is 34.1 Å². The first-order valence-electron chi connectivity index (χ1n) is 21.4. The van der Waals surface area contributed by atoms with E-state index in [0.29, 0.717) is 40.3 Å². The first kappa shape index (κ1) is 39.1. The van der Waals surface area contributed by atoms with Crippen molar-refractivity contribution in [3.8, 4) is 79.4 Å². The molecule has 8 nitrogen and oxygen atoms in total. The fourth-order valence-electron chi connectivity index (χ4n) is 8.68. The molecular weight excluding hydrogens is 801 g/mol. The Morgan fingerprint density at radius 1 is 0.538 bits per heavy atom. The van der Waals surface area contributed by atoms with Crippen LogP contribution in [0.1, 0.15) is 18.2 Å². The molecule has 8 heteroatoms. The second-order valence-electron chi connectivity index (χ2n) is 15.6. The predicted octanol–water partition coefficient (Wildman–Crippen LogP) is 14.2. The monoisotopic (exact) mass is 840 g/mol. The SMILES string of the molecule is C=Cc1c(/C=C\C)n(-c2ccccc2)c2cc(-c3nc(-c4ccccc4)nc(-c4ccccc4-c4ccc(-c5nc(-c6ccccc6)nc6c5oc5ccccc56)cc4OC)n3)ccc12. The number of aromatic nitrogens is 6. The van der Waals surface area contributed by atoms with Gasteiger partial charge in [-0.1, -0.05) is 152 Å². The lowest BCUT2D eigenvalue weighted by Gasteiger charge is -2.15. The summed E-state index contributed by atoms with van der Waals surface area (Å²) < 4.78 is 14.9. The van der Waals surface area contributed by atoms with E-state index in [1.165, 1.54) is 0 Å². The number of fused-ring (bicyclic) bond motifs is 4. The smallest absolute Gasteiger partial charge is 0.180 e. The Hall–Kier alpha value is -8.75. The summed E-state index contributed by atoms with van der Waals surface area (Å²) in [6, 6.07) is 59.1. The van der Waals surface area contributed by atoms with Crippen molar-refractivity contribution < 1.29 is 9.15 Å². The third-order valence-electron chi connectivity index (χ3n) is 11.7. The van der Waals surface area contributed by atoms with Crippen molar-refractivity contribution >= 4 is 45.1 Å². The lowest BCUT2D eigenvalue weighted by Crippen LogP contribution is -2.02. The molecule has 0 aliphatic carbocycles. The van der Waals surface area contributed by atoms with E-state index >= 15 is 0 Å². The number of methoxy groups -OCH3 is 1. The number of benzene rings is 7. The van der Waals surface area contributed by atoms with Gasteiger partial charge in [-0.15, -0.1) is 0 Å². The van der Waals surface area contributed by atoms with Gasteiger partial charge >= 0.3 is 0 Å². The van der Waals surface area contributed by atoms with Gasteiger partial charge in [-0.25, -0.2) is 24.9 Å². The molecule has 0 fully saturated rings. The maximum Gasteiger partial charge on any atom is 0.180 e. The number of hydrogen-bond donors (Lipinski definition) is 0. The molecule has 310 valence electrons. The Morgan fingerprint density at radius 2 is 1.15 bits per heavy atom. The highest BCUT2D eigenvalue weighted by atomic mass is 16.5. The molecule has 0 bridgehead atoms. The van der Waals surface area contributed by atoms with Crippen molar-refractivity contribution in [2.45, 2.75) is 6.92 Å². The van der Waals surface area contributed by atoms with Crippen molar-refractivity contribution in [2.75, 3.05) is 7.11 Å². The van der Waals surface area contributed by atoms with Crippen LogP contribution in [-0.2, 0) is 0 Å². The maximum atomic E-state index is 6.47. The average Bonchev–Trinajstić information content (AvgIpc) is 3.91. The molecule has 0 aliphatic rings. The highest BCUT2D eigenvalue weighted by molar-refractivity contribution is 6.07. The molecular formula is C57H40N6O2. The van der Waals surface area contributed by atoms with Crippen LogP contribution in [0.25, 0.3) is 119 Å². The summed E-state index contributed by atoms with van der Waals surface area (Å²) in [4.78, 5) is 25.7. The molecule has 0 amide bonds. The third kappa shape index (κ3) is 6.94. The minimum atomic E-state index is 0.530. The lowest BCUT2D eigenvalue weighted by atomic mass is 9.96. The number of ether oxygens (including phenoxy) is 1. The summed E-state index contributed by atoms with van der Waals surface area (Å²) in [6.07, 6.45) is 6.12. The molecule has 0 spiro atoms. The van der Waals surface area contributed by atoms with Crippen LogP contribution in [0.5, 0.6) is 5.75 Å². The lowest BCUT2D eigenvalue weighted by molar-refractivity contribution is 0.416. The first-order chi connectivity index (χ1) is 32.1. The van der Waals surface area contributed by atoms with Crippen LogP contribution in [0.15, 0.2) is 193 Å². The van der Waals surface area contributed by atoms with E-state index in [1.807, 2.05) is 122 Å². The van der Waals surface area contributed by atoms with E-state index in [9.17, 15) is 0 Å². The number of para-hydroxylation sites is 2. The number of rotatable bonds is 10. The summed E-state index contributed by atoms with van der Waals surface area (Å²) >= 11 is 0. The van der Waals surface area contributed by atoms with Gasteiger partial charge in [-0.3, -0.25) is 0 Å². The van der Waals surface area contributed by atoms with Gasteiger partial charge in [0.25, 0.3) is 0 Å². The van der Waals surface area contributed by atoms with Crippen LogP contribution in [-0.4, -0.2) is 36.6 Å². The number of hydrogen-bond acceptors (Lipinski definition) is 7. The molecule has 0 saturated heterocycles. The minimum Gasteiger partial charge on any atom is -0.496 e. The fourth-order valence-corrected chi connectivity index (χ4v) is 8.68. The van der Waals surface area contributed by atoms with Gasteiger partial charge in [0.15, 0.2) is 28.9 Å². The van der Waals surface area contributed by atoms with Crippen LogP contribution >= 0.6 is 0 Å². The van der Waals surface area contributed by atoms with Gasteiger partial charge in [-0.2, -0.15) is 0 Å². The highest BCUT2D eigenvalue weighted by Gasteiger charge is 2.23. The second-order valence-corrected chi connectivity index (χ2v) is 15.6. The Kier molecular flexibility index (Phi) is 9.94. The van der Waals surface area contributed by atoms with E-state index in [2.05, 4.69) is 90.0 Å². The Balaban J connectivity index is 1.07. The van der Waals surface area contributed by atoms with Gasteiger partial charge in [-0.05, 0) is 61.0 Å². The molecule has 0 atom stereocenters. The van der Waals surface area contributed by atoms with Crippen molar-refractivity contribution in [1.82, 2.24) is 29.5 Å². The molecule has 0 aliphatic heterocycles. The molecule has 0 saturated carbocycles. The van der Waals surface area contributed by atoms with Crippen molar-refractivity contribution in [3.63, 3.8) is 0 Å². The van der Waals surface area contributed by atoms with Crippen LogP contribution in [0.3, 0.4) is 0 Å². The topological polar surface area (TPSA) is 91.8 Å². The summed E-state index contributed by atoms with van der Waals surface area (Å²) in [5.74, 6) is 2.91. The molecule has 4 aromatic heterocycles. The standard InChI is InChI=1S/C57H40N6O2/c1-4-19-47-41(5-2)43-32-31-39(34-48(43)63(47)40-24-13-8-14-25-40)56-60-55(37-22-11-7-12-23-37)61-57(62-56)45-27-16-15-26-42(45)44-33-30-38(35-50(44)64-3)51-53-52(46-28-17-18-29-49(46)65-53)59-54(58-51)36-20-9-6-10-21-36/h4-35H,2H2,1,3H3/b19-4-. The van der Waals surface area contributed by atoms with E-state index < -0.39 is 0 Å². The first-order valence-corrected chi connectivity index (χ1v) is 21.4. The third-order valence-corrected chi connectivity index (χ3v) is 11.7. The van der Waals surface area contributed by atoms with E-state index in [0.717, 1.165) is 83.3 Å². The van der Waals surface area contributed by atoms with Crippen LogP contribution in [0, 0.1) is 0 Å². The second kappa shape index (κ2) is 16.5. The Bertz CT molecular complexity index is 3610. The van der Waals surface area contributed by atoms with Crippen LogP contribution in [0.4, 0.5) is 0 Å². The molecule has 0 unspecified atom stereocenters. The van der Waals surface area contributed by atoms with E-state index in [-0.39, 0.29) is 0 Å². The number of furan rings is 1. The molecule has 4 heterocycles. The normalized spacial score (nSPS) is 11.5. The summed E-state index contributed by atoms with van der Waals surface area (Å²) in [7, 11) is 1.69. The van der Waals surface area contributed by atoms with Gasteiger partial charge in [0.1, 0.15) is 22.5 Å². The van der Waals surface area contributed by atoms with Gasteiger partial charge in [0.05, 0.1) is 18.3 Å². The van der Waals surface area contributed by atoms with Crippen molar-refractivity contribution in [3.05, 3.63) is 200 Å². The fraction of sp³-hybridized carbons (Fsp3) is 0.0351. The predicted molar refractivity (Wildman–Crippen MR) is 263 cm³/mol. The quantitative estimate of drug-likeness (QED) is 0.135. The molecule has 65 heavy (non-hydrogen) atoms. The van der Waals surface area contributed by atoms with Crippen LogP contribution < -0.4 is 4.74 Å². The van der Waals surface area contributed by atoms with Crippen molar-refractivity contribution in [1.29, 1.82) is 0 Å². The van der Waals surface area contributed by atoms with Gasteiger partial charge < -0.3 is 13.7 Å². The van der Waals surface area contributed by atoms with E-state index in [1.54, 1.807) is 7.11 Å².